The van der Waals surface area contributed by atoms with Crippen LogP contribution in [-0.4, -0.2) is 29.9 Å². The third-order valence-corrected chi connectivity index (χ3v) is 4.10. The zero-order valence-corrected chi connectivity index (χ0v) is 11.2. The maximum absolute atomic E-state index is 12.1. The minimum Gasteiger partial charge on any atom is -0.492 e. The van der Waals surface area contributed by atoms with Gasteiger partial charge in [-0.1, -0.05) is 6.07 Å². The summed E-state index contributed by atoms with van der Waals surface area (Å²) in [6.45, 7) is 0.625. The number of fused-ring (bicyclic) bond motifs is 2. The molecule has 20 heavy (non-hydrogen) atoms. The van der Waals surface area contributed by atoms with Gasteiger partial charge >= 0.3 is 0 Å². The molecule has 2 fully saturated rings. The van der Waals surface area contributed by atoms with E-state index in [1.807, 2.05) is 6.07 Å². The molecule has 1 aromatic carbocycles. The fourth-order valence-electron chi connectivity index (χ4n) is 3.06. The van der Waals surface area contributed by atoms with Gasteiger partial charge in [0.05, 0.1) is 6.54 Å². The molecule has 2 atom stereocenters. The number of hydrogen-bond donors (Lipinski definition) is 1. The lowest BCUT2D eigenvalue weighted by molar-refractivity contribution is -0.153. The third kappa shape index (κ3) is 2.35. The van der Waals surface area contributed by atoms with Gasteiger partial charge in [0.15, 0.2) is 0 Å². The quantitative estimate of drug-likeness (QED) is 0.666. The van der Waals surface area contributed by atoms with E-state index in [2.05, 4.69) is 0 Å². The molecule has 1 saturated carbocycles. The van der Waals surface area contributed by atoms with Crippen LogP contribution in [0, 0.1) is 11.8 Å². The zero-order chi connectivity index (χ0) is 14.1. The van der Waals surface area contributed by atoms with Crippen LogP contribution in [-0.2, 0) is 9.59 Å². The van der Waals surface area contributed by atoms with Crippen LogP contribution in [0.1, 0.15) is 19.3 Å². The molecule has 3 rings (SSSR count). The van der Waals surface area contributed by atoms with E-state index in [1.165, 1.54) is 4.90 Å². The number of hydrogen-bond acceptors (Lipinski definition) is 4. The molecule has 2 amide bonds. The number of carbonyl (C=O) groups excluding carboxylic acids is 2. The predicted octanol–water partition coefficient (Wildman–Crippen LogP) is 1.43. The van der Waals surface area contributed by atoms with Gasteiger partial charge in [-0.15, -0.1) is 0 Å². The Morgan fingerprint density at radius 1 is 1.20 bits per heavy atom. The van der Waals surface area contributed by atoms with Crippen LogP contribution in [0.15, 0.2) is 24.3 Å². The molecular formula is C15H18N2O3. The SMILES string of the molecule is Nc1cccc(OCCN2C(=O)C3CCC(C3)C2=O)c1. The maximum Gasteiger partial charge on any atom is 0.232 e. The summed E-state index contributed by atoms with van der Waals surface area (Å²) >= 11 is 0. The first-order valence-corrected chi connectivity index (χ1v) is 6.98. The number of anilines is 1. The first-order valence-electron chi connectivity index (χ1n) is 6.98. The average molecular weight is 274 g/mol. The second-order valence-corrected chi connectivity index (χ2v) is 5.46. The van der Waals surface area contributed by atoms with Crippen molar-refractivity contribution in [2.45, 2.75) is 19.3 Å². The van der Waals surface area contributed by atoms with Crippen LogP contribution < -0.4 is 10.5 Å². The minimum absolute atomic E-state index is 0.0278. The molecule has 1 aliphatic heterocycles. The van der Waals surface area contributed by atoms with Crippen molar-refractivity contribution < 1.29 is 14.3 Å². The van der Waals surface area contributed by atoms with Gasteiger partial charge in [-0.3, -0.25) is 14.5 Å². The summed E-state index contributed by atoms with van der Waals surface area (Å²) in [6.07, 6.45) is 2.44. The van der Waals surface area contributed by atoms with E-state index in [0.29, 0.717) is 24.6 Å². The van der Waals surface area contributed by atoms with Gasteiger partial charge in [0.1, 0.15) is 12.4 Å². The van der Waals surface area contributed by atoms with Gasteiger partial charge in [-0.2, -0.15) is 0 Å². The highest BCUT2D eigenvalue weighted by Gasteiger charge is 2.44. The molecule has 5 heteroatoms. The van der Waals surface area contributed by atoms with Crippen LogP contribution in [0.25, 0.3) is 0 Å². The number of ether oxygens (including phenoxy) is 1. The average Bonchev–Trinajstić information content (AvgIpc) is 2.88. The summed E-state index contributed by atoms with van der Waals surface area (Å²) in [5.41, 5.74) is 6.29. The van der Waals surface area contributed by atoms with Crippen molar-refractivity contribution in [3.63, 3.8) is 0 Å². The molecule has 0 spiro atoms. The lowest BCUT2D eigenvalue weighted by atomic mass is 9.97. The lowest BCUT2D eigenvalue weighted by Gasteiger charge is -2.29. The van der Waals surface area contributed by atoms with Gasteiger partial charge in [0.2, 0.25) is 11.8 Å². The highest BCUT2D eigenvalue weighted by Crippen LogP contribution is 2.37. The number of likely N-dealkylation sites (tertiary alicyclic amines) is 1. The van der Waals surface area contributed by atoms with Gasteiger partial charge in [-0.05, 0) is 31.4 Å². The number of piperidine rings is 1. The van der Waals surface area contributed by atoms with Crippen LogP contribution in [0.2, 0.25) is 0 Å². The third-order valence-electron chi connectivity index (χ3n) is 4.10. The first-order chi connectivity index (χ1) is 9.65. The van der Waals surface area contributed by atoms with Gasteiger partial charge < -0.3 is 10.5 Å². The van der Waals surface area contributed by atoms with E-state index < -0.39 is 0 Å². The summed E-state index contributed by atoms with van der Waals surface area (Å²) in [4.78, 5) is 25.6. The smallest absolute Gasteiger partial charge is 0.232 e. The molecule has 0 radical (unpaired) electrons. The Balaban J connectivity index is 1.58. The molecule has 1 heterocycles. The van der Waals surface area contributed by atoms with Crippen molar-refractivity contribution in [2.24, 2.45) is 11.8 Å². The Morgan fingerprint density at radius 2 is 1.90 bits per heavy atom. The highest BCUT2D eigenvalue weighted by molar-refractivity contribution is 6.00. The summed E-state index contributed by atoms with van der Waals surface area (Å²) in [5.74, 6) is 0.694. The van der Waals surface area contributed by atoms with E-state index in [4.69, 9.17) is 10.5 Å². The Hall–Kier alpha value is -2.04. The van der Waals surface area contributed by atoms with Crippen molar-refractivity contribution in [3.8, 4) is 5.75 Å². The van der Waals surface area contributed by atoms with Gasteiger partial charge in [0.25, 0.3) is 0 Å². The van der Waals surface area contributed by atoms with Crippen molar-refractivity contribution >= 4 is 17.5 Å². The second-order valence-electron chi connectivity index (χ2n) is 5.46. The number of nitrogens with zero attached hydrogens (tertiary/aromatic N) is 1. The predicted molar refractivity (Wildman–Crippen MR) is 73.9 cm³/mol. The summed E-state index contributed by atoms with van der Waals surface area (Å²) < 4.78 is 5.55. The number of rotatable bonds is 4. The van der Waals surface area contributed by atoms with E-state index in [-0.39, 0.29) is 23.7 Å². The van der Waals surface area contributed by atoms with E-state index in [0.717, 1.165) is 19.3 Å². The summed E-state index contributed by atoms with van der Waals surface area (Å²) in [7, 11) is 0. The van der Waals surface area contributed by atoms with E-state index in [9.17, 15) is 9.59 Å². The normalized spacial score (nSPS) is 25.1. The molecule has 5 nitrogen and oxygen atoms in total. The molecule has 1 aliphatic carbocycles. The Bertz CT molecular complexity index is 522. The number of benzene rings is 1. The fourth-order valence-corrected chi connectivity index (χ4v) is 3.06. The van der Waals surface area contributed by atoms with Crippen LogP contribution in [0.5, 0.6) is 5.75 Å². The Morgan fingerprint density at radius 3 is 2.55 bits per heavy atom. The van der Waals surface area contributed by atoms with Crippen LogP contribution in [0.3, 0.4) is 0 Å². The first kappa shape index (κ1) is 13.0. The summed E-state index contributed by atoms with van der Waals surface area (Å²) in [6, 6.07) is 7.12. The lowest BCUT2D eigenvalue weighted by Crippen LogP contribution is -2.47. The monoisotopic (exact) mass is 274 g/mol. The molecule has 2 aliphatic rings. The fraction of sp³-hybridized carbons (Fsp3) is 0.467. The van der Waals surface area contributed by atoms with Crippen molar-refractivity contribution in [1.29, 1.82) is 0 Å². The standard InChI is InChI=1S/C15H18N2O3/c16-12-2-1-3-13(9-12)20-7-6-17-14(18)10-4-5-11(8-10)15(17)19/h1-3,9-11H,4-8,16H2. The molecule has 106 valence electrons. The molecule has 0 aromatic heterocycles. The zero-order valence-electron chi connectivity index (χ0n) is 11.2. The second kappa shape index (κ2) is 5.15. The van der Waals surface area contributed by atoms with Crippen LogP contribution in [0.4, 0.5) is 5.69 Å². The van der Waals surface area contributed by atoms with Crippen molar-refractivity contribution in [1.82, 2.24) is 4.90 Å². The van der Waals surface area contributed by atoms with E-state index in [1.54, 1.807) is 18.2 Å². The number of carbonyl (C=O) groups is 2. The van der Waals surface area contributed by atoms with Crippen LogP contribution >= 0.6 is 0 Å². The Labute approximate surface area is 117 Å². The number of imide groups is 1. The van der Waals surface area contributed by atoms with Gasteiger partial charge in [-0.25, -0.2) is 0 Å². The van der Waals surface area contributed by atoms with E-state index >= 15 is 0 Å². The Kier molecular flexibility index (Phi) is 3.34. The van der Waals surface area contributed by atoms with Crippen molar-refractivity contribution in [3.05, 3.63) is 24.3 Å². The topological polar surface area (TPSA) is 72.6 Å². The largest absolute Gasteiger partial charge is 0.492 e. The molecule has 2 bridgehead atoms. The van der Waals surface area contributed by atoms with Gasteiger partial charge in [0, 0.05) is 23.6 Å². The molecule has 2 N–H and O–H groups in total. The molecule has 2 unspecified atom stereocenters. The maximum atomic E-state index is 12.1. The number of nitrogens with two attached hydrogens (primary N) is 1. The number of amides is 2. The molecular weight excluding hydrogens is 256 g/mol. The van der Waals surface area contributed by atoms with Crippen molar-refractivity contribution in [2.75, 3.05) is 18.9 Å². The molecule has 1 saturated heterocycles. The molecule has 1 aromatic rings. The minimum atomic E-state index is -0.0278. The number of nitrogen functional groups attached to an aromatic ring is 1. The summed E-state index contributed by atoms with van der Waals surface area (Å²) in [5, 5.41) is 0. The highest BCUT2D eigenvalue weighted by atomic mass is 16.5.